The predicted molar refractivity (Wildman–Crippen MR) is 148 cm³/mol. The molecule has 2 unspecified atom stereocenters. The van der Waals surface area contributed by atoms with Gasteiger partial charge in [0.2, 0.25) is 0 Å². The summed E-state index contributed by atoms with van der Waals surface area (Å²) < 4.78 is 33.6. The first-order chi connectivity index (χ1) is 17.1. The highest BCUT2D eigenvalue weighted by Gasteiger charge is 2.22. The molecule has 0 aromatic rings. The van der Waals surface area contributed by atoms with E-state index in [1.54, 1.807) is 0 Å². The lowest BCUT2D eigenvalue weighted by Gasteiger charge is -2.33. The van der Waals surface area contributed by atoms with Gasteiger partial charge in [-0.15, -0.1) is 0 Å². The number of methoxy groups -OCH3 is 1. The van der Waals surface area contributed by atoms with Crippen LogP contribution in [0, 0.1) is 0 Å². The van der Waals surface area contributed by atoms with Crippen molar-refractivity contribution in [3.63, 3.8) is 0 Å². The topological polar surface area (TPSA) is 77.1 Å². The van der Waals surface area contributed by atoms with E-state index in [1.807, 2.05) is 28.1 Å². The monoisotopic (exact) mass is 537 g/mol. The Kier molecular flexibility index (Phi) is 22.9. The molecule has 0 aliphatic heterocycles. The van der Waals surface area contributed by atoms with Crippen molar-refractivity contribution in [1.29, 1.82) is 0 Å². The summed E-state index contributed by atoms with van der Waals surface area (Å²) in [6, 6.07) is 0.0251. The van der Waals surface area contributed by atoms with E-state index in [-0.39, 0.29) is 19.3 Å². The van der Waals surface area contributed by atoms with E-state index in [1.165, 1.54) is 103 Å². The molecule has 0 amide bonds. The van der Waals surface area contributed by atoms with Gasteiger partial charge in [0.15, 0.2) is 0 Å². The second kappa shape index (κ2) is 22.9. The number of likely N-dealkylation sites (N-methyl/N-ethyl adjacent to an activating group) is 1. The Morgan fingerprint density at radius 3 is 1.53 bits per heavy atom. The first-order valence-corrected chi connectivity index (χ1v) is 16.1. The maximum atomic E-state index is 12.0. The molecule has 218 valence electrons. The smallest absolute Gasteiger partial charge is 0.268 e. The molecule has 0 N–H and O–H groups in total. The second-order valence-corrected chi connectivity index (χ2v) is 12.7. The fourth-order valence-corrected chi connectivity index (χ4v) is 4.61. The van der Waals surface area contributed by atoms with Gasteiger partial charge in [-0.2, -0.15) is 0 Å². The van der Waals surface area contributed by atoms with Gasteiger partial charge in [0.25, 0.3) is 7.82 Å². The van der Waals surface area contributed by atoms with Crippen LogP contribution in [-0.2, 0) is 23.1 Å². The van der Waals surface area contributed by atoms with E-state index in [0.29, 0.717) is 17.7 Å². The third-order valence-corrected chi connectivity index (χ3v) is 7.92. The van der Waals surface area contributed by atoms with Gasteiger partial charge in [0.05, 0.1) is 34.4 Å². The van der Waals surface area contributed by atoms with E-state index >= 15 is 0 Å². The summed E-state index contributed by atoms with van der Waals surface area (Å²) in [4.78, 5) is 12.0. The molecule has 36 heavy (non-hydrogen) atoms. The van der Waals surface area contributed by atoms with Gasteiger partial charge in [-0.1, -0.05) is 103 Å². The van der Waals surface area contributed by atoms with Crippen LogP contribution in [0.25, 0.3) is 0 Å². The number of rotatable bonds is 27. The predicted octanol–water partition coefficient (Wildman–Crippen LogP) is 6.88. The van der Waals surface area contributed by atoms with Gasteiger partial charge in [0, 0.05) is 13.7 Å². The molecule has 0 aromatic carbocycles. The molecule has 7 nitrogen and oxygen atoms in total. The third-order valence-electron chi connectivity index (χ3n) is 6.99. The standard InChI is InChI=1S/C28H60NO6P/c1-7-8-9-10-11-12-13-14-15-16-17-18-19-20-21-22-23-33-25-28(32-6)26-35-36(30,31)34-24-27(2)29(3,4)5/h27-28H,7-26H2,1-6H3/t27-,28?/m0/s1. The molecule has 0 aliphatic rings. The van der Waals surface area contributed by atoms with Crippen molar-refractivity contribution >= 4 is 7.82 Å². The van der Waals surface area contributed by atoms with E-state index in [4.69, 9.17) is 18.5 Å². The van der Waals surface area contributed by atoms with Crippen LogP contribution in [0.3, 0.4) is 0 Å². The number of phosphoric ester groups is 1. The second-order valence-electron chi connectivity index (χ2n) is 11.2. The number of unbranched alkanes of at least 4 members (excludes halogenated alkanes) is 15. The van der Waals surface area contributed by atoms with Crippen molar-refractivity contribution < 1.29 is 32.5 Å². The van der Waals surface area contributed by atoms with Gasteiger partial charge < -0.3 is 27.9 Å². The molecular weight excluding hydrogens is 477 g/mol. The molecule has 0 fully saturated rings. The summed E-state index contributed by atoms with van der Waals surface area (Å²) in [6.07, 6.45) is 21.1. The number of hydrogen-bond acceptors (Lipinski definition) is 6. The molecule has 3 atom stereocenters. The van der Waals surface area contributed by atoms with Crippen molar-refractivity contribution in [3.05, 3.63) is 0 Å². The minimum absolute atomic E-state index is 0.0251. The SMILES string of the molecule is CCCCCCCCCCCCCCCCCCOCC(COP(=O)([O-])OC[C@H](C)[N+](C)(C)C)OC. The molecule has 0 heterocycles. The molecule has 0 bridgehead atoms. The van der Waals surface area contributed by atoms with Gasteiger partial charge in [-0.3, -0.25) is 4.57 Å². The Labute approximate surface area is 223 Å². The van der Waals surface area contributed by atoms with Crippen molar-refractivity contribution in [2.75, 3.05) is 54.7 Å². The van der Waals surface area contributed by atoms with Crippen LogP contribution in [0.1, 0.15) is 117 Å². The van der Waals surface area contributed by atoms with Gasteiger partial charge in [0.1, 0.15) is 18.8 Å². The van der Waals surface area contributed by atoms with Crippen LogP contribution < -0.4 is 4.89 Å². The van der Waals surface area contributed by atoms with E-state index < -0.39 is 13.9 Å². The average molecular weight is 538 g/mol. The highest BCUT2D eigenvalue weighted by atomic mass is 31.2. The fourth-order valence-electron chi connectivity index (χ4n) is 3.79. The number of quaternary nitrogens is 1. The molecule has 0 aliphatic carbocycles. The minimum atomic E-state index is -4.36. The molecule has 0 spiro atoms. The van der Waals surface area contributed by atoms with Crippen LogP contribution in [0.4, 0.5) is 0 Å². The molecule has 0 rings (SSSR count). The Morgan fingerprint density at radius 1 is 0.694 bits per heavy atom. The number of ether oxygens (including phenoxy) is 2. The number of nitrogens with zero attached hydrogens (tertiary/aromatic N) is 1. The van der Waals surface area contributed by atoms with Crippen molar-refractivity contribution in [2.24, 2.45) is 0 Å². The zero-order valence-corrected chi connectivity index (χ0v) is 25.5. The summed E-state index contributed by atoms with van der Waals surface area (Å²) in [5.74, 6) is 0. The minimum Gasteiger partial charge on any atom is -0.756 e. The lowest BCUT2D eigenvalue weighted by Crippen LogP contribution is -2.45. The number of phosphoric acid groups is 1. The lowest BCUT2D eigenvalue weighted by atomic mass is 10.0. The number of hydrogen-bond donors (Lipinski definition) is 0. The normalized spacial score (nSPS) is 15.6. The molecular formula is C28H60NO6P. The van der Waals surface area contributed by atoms with Crippen LogP contribution in [-0.4, -0.2) is 71.3 Å². The highest BCUT2D eigenvalue weighted by molar-refractivity contribution is 7.45. The summed E-state index contributed by atoms with van der Waals surface area (Å²) in [6.45, 7) is 5.16. The molecule has 0 radical (unpaired) electrons. The Morgan fingerprint density at radius 2 is 1.11 bits per heavy atom. The van der Waals surface area contributed by atoms with E-state index in [2.05, 4.69) is 6.92 Å². The molecule has 0 aromatic heterocycles. The fraction of sp³-hybridized carbons (Fsp3) is 1.00. The van der Waals surface area contributed by atoms with E-state index in [9.17, 15) is 9.46 Å². The summed E-state index contributed by atoms with van der Waals surface area (Å²) in [5.41, 5.74) is 0. The Hall–Kier alpha value is -0.0100. The van der Waals surface area contributed by atoms with Gasteiger partial charge in [-0.05, 0) is 13.3 Å². The molecule has 0 saturated heterocycles. The average Bonchev–Trinajstić information content (AvgIpc) is 2.83. The van der Waals surface area contributed by atoms with Crippen LogP contribution in [0.15, 0.2) is 0 Å². The zero-order chi connectivity index (χ0) is 27.1. The maximum absolute atomic E-state index is 12.0. The first-order valence-electron chi connectivity index (χ1n) is 14.6. The first kappa shape index (κ1) is 36.0. The third kappa shape index (κ3) is 23.1. The lowest BCUT2D eigenvalue weighted by molar-refractivity contribution is -0.894. The zero-order valence-electron chi connectivity index (χ0n) is 24.6. The van der Waals surface area contributed by atoms with Crippen molar-refractivity contribution in [2.45, 2.75) is 129 Å². The van der Waals surface area contributed by atoms with Crippen LogP contribution in [0.2, 0.25) is 0 Å². The summed E-state index contributed by atoms with van der Waals surface area (Å²) in [5, 5.41) is 0. The Balaban J connectivity index is 3.56. The van der Waals surface area contributed by atoms with Crippen LogP contribution in [0.5, 0.6) is 0 Å². The maximum Gasteiger partial charge on any atom is 0.268 e. The highest BCUT2D eigenvalue weighted by Crippen LogP contribution is 2.38. The van der Waals surface area contributed by atoms with Crippen LogP contribution >= 0.6 is 7.82 Å². The largest absolute Gasteiger partial charge is 0.756 e. The molecule has 8 heteroatoms. The summed E-state index contributed by atoms with van der Waals surface area (Å²) in [7, 11) is 3.14. The van der Waals surface area contributed by atoms with Gasteiger partial charge in [-0.25, -0.2) is 0 Å². The van der Waals surface area contributed by atoms with Gasteiger partial charge >= 0.3 is 0 Å². The Bertz CT molecular complexity index is 529. The molecule has 0 saturated carbocycles. The van der Waals surface area contributed by atoms with Crippen molar-refractivity contribution in [1.82, 2.24) is 0 Å². The van der Waals surface area contributed by atoms with E-state index in [0.717, 1.165) is 6.42 Å². The quantitative estimate of drug-likeness (QED) is 0.0646. The summed E-state index contributed by atoms with van der Waals surface area (Å²) >= 11 is 0. The van der Waals surface area contributed by atoms with Crippen molar-refractivity contribution in [3.8, 4) is 0 Å².